The molecule has 4 rings (SSSR count). The summed E-state index contributed by atoms with van der Waals surface area (Å²) in [7, 11) is 0. The van der Waals surface area contributed by atoms with E-state index in [-0.39, 0.29) is 23.7 Å². The number of nitrogens with zero attached hydrogens (tertiary/aromatic N) is 3. The Kier molecular flexibility index (Phi) is 4.73. The van der Waals surface area contributed by atoms with E-state index >= 15 is 0 Å². The van der Waals surface area contributed by atoms with Crippen LogP contribution >= 0.6 is 0 Å². The van der Waals surface area contributed by atoms with Gasteiger partial charge in [0.1, 0.15) is 5.82 Å². The molecule has 150 valence electrons. The van der Waals surface area contributed by atoms with Gasteiger partial charge in [-0.3, -0.25) is 4.79 Å². The van der Waals surface area contributed by atoms with E-state index in [1.165, 1.54) is 16.5 Å². The summed E-state index contributed by atoms with van der Waals surface area (Å²) >= 11 is 0. The van der Waals surface area contributed by atoms with Crippen LogP contribution in [0, 0.1) is 12.7 Å². The number of rotatable bonds is 3. The van der Waals surface area contributed by atoms with E-state index in [4.69, 9.17) is 4.52 Å². The maximum atomic E-state index is 14.2. The Morgan fingerprint density at radius 2 is 1.86 bits per heavy atom. The molecule has 1 aliphatic heterocycles. The minimum Gasteiger partial charge on any atom is -0.334 e. The average Bonchev–Trinajstić information content (AvgIpc) is 3.30. The van der Waals surface area contributed by atoms with Gasteiger partial charge in [0.15, 0.2) is 5.82 Å². The molecule has 5 nitrogen and oxygen atoms in total. The van der Waals surface area contributed by atoms with Crippen LogP contribution in [-0.4, -0.2) is 22.6 Å². The minimum atomic E-state index is -0.405. The molecule has 0 bridgehead atoms. The Labute approximate surface area is 169 Å². The number of benzene rings is 2. The van der Waals surface area contributed by atoms with Crippen molar-refractivity contribution in [2.45, 2.75) is 45.4 Å². The molecule has 6 heteroatoms. The van der Waals surface area contributed by atoms with E-state index in [2.05, 4.69) is 43.0 Å². The third-order valence-corrected chi connectivity index (χ3v) is 5.32. The minimum absolute atomic E-state index is 0.0667. The molecule has 0 saturated carbocycles. The molecule has 1 saturated heterocycles. The van der Waals surface area contributed by atoms with E-state index in [1.54, 1.807) is 12.1 Å². The van der Waals surface area contributed by atoms with Crippen LogP contribution in [0.4, 0.5) is 10.1 Å². The Balaban J connectivity index is 1.54. The molecule has 0 radical (unpaired) electrons. The molecular weight excluding hydrogens is 369 g/mol. The zero-order valence-corrected chi connectivity index (χ0v) is 17.1. The molecule has 1 aromatic heterocycles. The summed E-state index contributed by atoms with van der Waals surface area (Å²) < 4.78 is 19.7. The number of aromatic nitrogens is 2. The summed E-state index contributed by atoms with van der Waals surface area (Å²) in [6.07, 6.45) is 0.231. The normalized spacial score (nSPS) is 17.2. The predicted octanol–water partition coefficient (Wildman–Crippen LogP) is 5.00. The van der Waals surface area contributed by atoms with Crippen molar-refractivity contribution in [3.05, 3.63) is 65.2 Å². The molecule has 29 heavy (non-hydrogen) atoms. The lowest BCUT2D eigenvalue weighted by Gasteiger charge is -2.18. The van der Waals surface area contributed by atoms with E-state index < -0.39 is 5.82 Å². The molecule has 3 aromatic rings. The van der Waals surface area contributed by atoms with Crippen molar-refractivity contribution in [1.29, 1.82) is 0 Å². The second-order valence-corrected chi connectivity index (χ2v) is 8.65. The standard InChI is InChI=1S/C23H24FN3O2/c1-14-5-10-18(24)19(11-14)27-13-16(12-20(27)28)21-25-22(29-26-21)15-6-8-17(9-7-15)23(2,3)4/h5-11,16H,12-13H2,1-4H3. The van der Waals surface area contributed by atoms with E-state index in [9.17, 15) is 9.18 Å². The van der Waals surface area contributed by atoms with Crippen molar-refractivity contribution in [1.82, 2.24) is 10.1 Å². The third-order valence-electron chi connectivity index (χ3n) is 5.32. The summed E-state index contributed by atoms with van der Waals surface area (Å²) in [5.41, 5.74) is 3.33. The van der Waals surface area contributed by atoms with E-state index in [1.807, 2.05) is 19.1 Å². The Bertz CT molecular complexity index is 1050. The van der Waals surface area contributed by atoms with Gasteiger partial charge < -0.3 is 9.42 Å². The average molecular weight is 393 g/mol. The Morgan fingerprint density at radius 3 is 2.55 bits per heavy atom. The first-order valence-electron chi connectivity index (χ1n) is 9.73. The second kappa shape index (κ2) is 7.10. The van der Waals surface area contributed by atoms with Crippen LogP contribution in [0.25, 0.3) is 11.5 Å². The zero-order chi connectivity index (χ0) is 20.8. The van der Waals surface area contributed by atoms with Gasteiger partial charge in [-0.1, -0.05) is 44.1 Å². The number of hydrogen-bond donors (Lipinski definition) is 0. The smallest absolute Gasteiger partial charge is 0.257 e. The van der Waals surface area contributed by atoms with Gasteiger partial charge in [0.05, 0.1) is 5.69 Å². The predicted molar refractivity (Wildman–Crippen MR) is 109 cm³/mol. The summed E-state index contributed by atoms with van der Waals surface area (Å²) in [5, 5.41) is 4.09. The highest BCUT2D eigenvalue weighted by Crippen LogP contribution is 2.33. The van der Waals surface area contributed by atoms with E-state index in [0.717, 1.165) is 11.1 Å². The lowest BCUT2D eigenvalue weighted by molar-refractivity contribution is -0.117. The van der Waals surface area contributed by atoms with Crippen molar-refractivity contribution in [3.63, 3.8) is 0 Å². The summed E-state index contributed by atoms with van der Waals surface area (Å²) in [5.74, 6) is 0.128. The number of halogens is 1. The van der Waals surface area contributed by atoms with Crippen molar-refractivity contribution in [2.75, 3.05) is 11.4 Å². The molecule has 2 aromatic carbocycles. The second-order valence-electron chi connectivity index (χ2n) is 8.65. The molecule has 1 unspecified atom stereocenters. The number of carbonyl (C=O) groups excluding carboxylic acids is 1. The highest BCUT2D eigenvalue weighted by molar-refractivity contribution is 5.96. The molecule has 1 atom stereocenters. The van der Waals surface area contributed by atoms with Crippen LogP contribution < -0.4 is 4.90 Å². The summed E-state index contributed by atoms with van der Waals surface area (Å²) in [4.78, 5) is 18.5. The fourth-order valence-electron chi connectivity index (χ4n) is 3.57. The van der Waals surface area contributed by atoms with Crippen LogP contribution in [-0.2, 0) is 10.2 Å². The molecule has 1 aliphatic rings. The zero-order valence-electron chi connectivity index (χ0n) is 17.1. The first-order chi connectivity index (χ1) is 13.7. The SMILES string of the molecule is Cc1ccc(F)c(N2CC(c3noc(-c4ccc(C(C)(C)C)cc4)n3)CC2=O)c1. The molecule has 0 N–H and O–H groups in total. The Morgan fingerprint density at radius 1 is 1.14 bits per heavy atom. The van der Waals surface area contributed by atoms with Gasteiger partial charge in [-0.2, -0.15) is 4.98 Å². The van der Waals surface area contributed by atoms with Gasteiger partial charge in [0.25, 0.3) is 5.89 Å². The van der Waals surface area contributed by atoms with Crippen LogP contribution in [0.5, 0.6) is 0 Å². The number of aryl methyl sites for hydroxylation is 1. The van der Waals surface area contributed by atoms with Crippen LogP contribution in [0.2, 0.25) is 0 Å². The third kappa shape index (κ3) is 3.79. The van der Waals surface area contributed by atoms with Crippen molar-refractivity contribution < 1.29 is 13.7 Å². The maximum Gasteiger partial charge on any atom is 0.257 e. The van der Waals surface area contributed by atoms with Gasteiger partial charge in [-0.15, -0.1) is 0 Å². The number of anilines is 1. The van der Waals surface area contributed by atoms with Crippen molar-refractivity contribution in [3.8, 4) is 11.5 Å². The summed E-state index contributed by atoms with van der Waals surface area (Å²) in [6.45, 7) is 8.69. The van der Waals surface area contributed by atoms with Gasteiger partial charge in [0, 0.05) is 24.4 Å². The fraction of sp³-hybridized carbons (Fsp3) is 0.348. The van der Waals surface area contributed by atoms with Gasteiger partial charge in [0.2, 0.25) is 5.91 Å². The molecule has 0 aliphatic carbocycles. The van der Waals surface area contributed by atoms with E-state index in [0.29, 0.717) is 23.9 Å². The molecule has 2 heterocycles. The highest BCUT2D eigenvalue weighted by Gasteiger charge is 2.35. The lowest BCUT2D eigenvalue weighted by atomic mass is 9.87. The van der Waals surface area contributed by atoms with Crippen LogP contribution in [0.3, 0.4) is 0 Å². The summed E-state index contributed by atoms with van der Waals surface area (Å²) in [6, 6.07) is 12.8. The molecule has 0 spiro atoms. The molecule has 1 fully saturated rings. The number of carbonyl (C=O) groups is 1. The van der Waals surface area contributed by atoms with Gasteiger partial charge >= 0.3 is 0 Å². The van der Waals surface area contributed by atoms with Gasteiger partial charge in [-0.05, 0) is 47.7 Å². The topological polar surface area (TPSA) is 59.2 Å². The van der Waals surface area contributed by atoms with Gasteiger partial charge in [-0.25, -0.2) is 4.39 Å². The quantitative estimate of drug-likeness (QED) is 0.628. The maximum absolute atomic E-state index is 14.2. The molecule has 1 amide bonds. The first-order valence-corrected chi connectivity index (χ1v) is 9.73. The highest BCUT2D eigenvalue weighted by atomic mass is 19.1. The number of amides is 1. The lowest BCUT2D eigenvalue weighted by Crippen LogP contribution is -2.25. The first kappa shape index (κ1) is 19.3. The monoisotopic (exact) mass is 393 g/mol. The Hall–Kier alpha value is -3.02. The molecular formula is C23H24FN3O2. The fourth-order valence-corrected chi connectivity index (χ4v) is 3.57. The van der Waals surface area contributed by atoms with Crippen LogP contribution in [0.1, 0.15) is 50.1 Å². The number of hydrogen-bond acceptors (Lipinski definition) is 4. The largest absolute Gasteiger partial charge is 0.334 e. The van der Waals surface area contributed by atoms with Crippen molar-refractivity contribution in [2.24, 2.45) is 0 Å². The van der Waals surface area contributed by atoms with Crippen LogP contribution in [0.15, 0.2) is 47.0 Å². The van der Waals surface area contributed by atoms with Crippen molar-refractivity contribution >= 4 is 11.6 Å².